The zero-order valence-electron chi connectivity index (χ0n) is 11.2. The summed E-state index contributed by atoms with van der Waals surface area (Å²) in [5, 5.41) is 5.49. The van der Waals surface area contributed by atoms with Crippen molar-refractivity contribution in [2.45, 2.75) is 58.1 Å². The molecule has 0 aromatic rings. The molecule has 0 aliphatic heterocycles. The smallest absolute Gasteiger partial charge is 0.407 e. The fourth-order valence-corrected chi connectivity index (χ4v) is 1.54. The number of hydrogen-bond donors (Lipinski definition) is 2. The molecule has 1 rings (SSSR count). The second-order valence-electron chi connectivity index (χ2n) is 5.03. The monoisotopic (exact) mass is 260 g/mol. The molecule has 1 fully saturated rings. The fourth-order valence-electron chi connectivity index (χ4n) is 1.54. The third-order valence-electron chi connectivity index (χ3n) is 2.19. The van der Waals surface area contributed by atoms with Gasteiger partial charge in [-0.05, 0) is 33.6 Å². The Morgan fingerprint density at radius 2 is 1.82 bits per heavy atom. The molecule has 0 aromatic heterocycles. The molecule has 1 amide bonds. The molecule has 1 aliphatic rings. The Morgan fingerprint density at radius 3 is 2.18 bits per heavy atom. The third kappa shape index (κ3) is 10.1. The Morgan fingerprint density at radius 1 is 1.35 bits per heavy atom. The molecule has 0 aromatic carbocycles. The van der Waals surface area contributed by atoms with Crippen molar-refractivity contribution in [3.63, 3.8) is 0 Å². The van der Waals surface area contributed by atoms with Crippen LogP contribution < -0.4 is 10.6 Å². The van der Waals surface area contributed by atoms with Crippen LogP contribution in [0.15, 0.2) is 0 Å². The van der Waals surface area contributed by atoms with E-state index in [4.69, 9.17) is 4.74 Å². The van der Waals surface area contributed by atoms with Crippen LogP contribution in [0.1, 0.15) is 46.5 Å². The summed E-state index contributed by atoms with van der Waals surface area (Å²) in [6, 6.07) is 0.342. The SMILES string of the molecule is CC(C)(C)OC(=O)NC1CCCC1.CNC=S. The van der Waals surface area contributed by atoms with Crippen LogP contribution in [0, 0.1) is 0 Å². The van der Waals surface area contributed by atoms with Gasteiger partial charge in [0.25, 0.3) is 0 Å². The number of ether oxygens (including phenoxy) is 1. The van der Waals surface area contributed by atoms with Gasteiger partial charge in [-0.25, -0.2) is 4.79 Å². The lowest BCUT2D eigenvalue weighted by molar-refractivity contribution is 0.0505. The standard InChI is InChI=1S/C10H19NO2.C2H5NS/c1-10(2,3)13-9(12)11-8-6-4-5-7-8;1-3-2-4/h8H,4-7H2,1-3H3,(H,11,12);2H,1H3,(H,3,4). The van der Waals surface area contributed by atoms with Crippen molar-refractivity contribution in [1.29, 1.82) is 0 Å². The van der Waals surface area contributed by atoms with Crippen LogP contribution >= 0.6 is 12.2 Å². The number of carbonyl (C=O) groups is 1. The van der Waals surface area contributed by atoms with Crippen molar-refractivity contribution in [1.82, 2.24) is 10.6 Å². The maximum absolute atomic E-state index is 11.3. The predicted molar refractivity (Wildman–Crippen MR) is 74.3 cm³/mol. The number of hydrogen-bond acceptors (Lipinski definition) is 3. The van der Waals surface area contributed by atoms with Crippen molar-refractivity contribution in [2.24, 2.45) is 0 Å². The largest absolute Gasteiger partial charge is 0.444 e. The lowest BCUT2D eigenvalue weighted by Crippen LogP contribution is -2.37. The average molecular weight is 260 g/mol. The molecular weight excluding hydrogens is 236 g/mol. The summed E-state index contributed by atoms with van der Waals surface area (Å²) in [4.78, 5) is 11.3. The van der Waals surface area contributed by atoms with Crippen LogP contribution in [-0.2, 0) is 4.74 Å². The molecule has 0 radical (unpaired) electrons. The molecule has 0 heterocycles. The fraction of sp³-hybridized carbons (Fsp3) is 0.833. The van der Waals surface area contributed by atoms with E-state index >= 15 is 0 Å². The first-order valence-electron chi connectivity index (χ1n) is 5.99. The number of alkyl carbamates (subject to hydrolysis) is 1. The number of carbonyl (C=O) groups excluding carboxylic acids is 1. The molecule has 0 unspecified atom stereocenters. The van der Waals surface area contributed by atoms with Gasteiger partial charge in [0.2, 0.25) is 0 Å². The van der Waals surface area contributed by atoms with Crippen molar-refractivity contribution in [3.05, 3.63) is 0 Å². The van der Waals surface area contributed by atoms with E-state index in [1.54, 1.807) is 7.05 Å². The van der Waals surface area contributed by atoms with Gasteiger partial charge in [-0.2, -0.15) is 0 Å². The highest BCUT2D eigenvalue weighted by molar-refractivity contribution is 7.78. The summed E-state index contributed by atoms with van der Waals surface area (Å²) >= 11 is 4.32. The van der Waals surface area contributed by atoms with Crippen molar-refractivity contribution in [2.75, 3.05) is 7.05 Å². The summed E-state index contributed by atoms with van der Waals surface area (Å²) in [6.45, 7) is 5.63. The lowest BCUT2D eigenvalue weighted by Gasteiger charge is -2.21. The number of thiocarbonyl (C=S) groups is 1. The van der Waals surface area contributed by atoms with Gasteiger partial charge < -0.3 is 15.4 Å². The van der Waals surface area contributed by atoms with Gasteiger partial charge in [0.1, 0.15) is 5.60 Å². The minimum absolute atomic E-state index is 0.278. The van der Waals surface area contributed by atoms with E-state index in [1.807, 2.05) is 20.8 Å². The highest BCUT2D eigenvalue weighted by Crippen LogP contribution is 2.18. The number of rotatable bonds is 2. The topological polar surface area (TPSA) is 50.4 Å². The van der Waals surface area contributed by atoms with Crippen molar-refractivity contribution >= 4 is 23.8 Å². The second-order valence-corrected chi connectivity index (χ2v) is 5.27. The zero-order chi connectivity index (χ0) is 13.3. The highest BCUT2D eigenvalue weighted by Gasteiger charge is 2.21. The van der Waals surface area contributed by atoms with Crippen LogP contribution in [0.25, 0.3) is 0 Å². The maximum Gasteiger partial charge on any atom is 0.407 e. The molecule has 0 bridgehead atoms. The van der Waals surface area contributed by atoms with E-state index < -0.39 is 0 Å². The van der Waals surface area contributed by atoms with Crippen LogP contribution in [-0.4, -0.2) is 30.3 Å². The van der Waals surface area contributed by atoms with E-state index in [-0.39, 0.29) is 11.7 Å². The summed E-state index contributed by atoms with van der Waals surface area (Å²) < 4.78 is 5.15. The second kappa shape index (κ2) is 8.28. The first kappa shape index (κ1) is 16.2. The molecule has 0 atom stereocenters. The summed E-state index contributed by atoms with van der Waals surface area (Å²) in [5.41, 5.74) is 1.07. The van der Waals surface area contributed by atoms with E-state index in [0.29, 0.717) is 6.04 Å². The Kier molecular flexibility index (Phi) is 7.87. The van der Waals surface area contributed by atoms with Gasteiger partial charge in [0.05, 0.1) is 5.49 Å². The Bertz CT molecular complexity index is 233. The zero-order valence-corrected chi connectivity index (χ0v) is 12.0. The van der Waals surface area contributed by atoms with Crippen LogP contribution in [0.3, 0.4) is 0 Å². The van der Waals surface area contributed by atoms with Crippen LogP contribution in [0.4, 0.5) is 4.79 Å². The lowest BCUT2D eigenvalue weighted by atomic mass is 10.2. The molecule has 2 N–H and O–H groups in total. The normalized spacial score (nSPS) is 15.5. The molecule has 1 saturated carbocycles. The molecule has 0 spiro atoms. The molecule has 4 nitrogen and oxygen atoms in total. The van der Waals surface area contributed by atoms with Crippen LogP contribution in [0.2, 0.25) is 0 Å². The molecular formula is C12H24N2O2S. The first-order chi connectivity index (χ1) is 7.89. The minimum atomic E-state index is -0.386. The Balaban J connectivity index is 0.000000557. The highest BCUT2D eigenvalue weighted by atomic mass is 32.1. The van der Waals surface area contributed by atoms with E-state index in [1.165, 1.54) is 18.3 Å². The Labute approximate surface area is 109 Å². The van der Waals surface area contributed by atoms with Gasteiger partial charge in [-0.15, -0.1) is 0 Å². The van der Waals surface area contributed by atoms with Gasteiger partial charge in [-0.3, -0.25) is 0 Å². The molecule has 100 valence electrons. The van der Waals surface area contributed by atoms with E-state index in [9.17, 15) is 4.79 Å². The van der Waals surface area contributed by atoms with Gasteiger partial charge in [0.15, 0.2) is 0 Å². The third-order valence-corrected chi connectivity index (χ3v) is 2.43. The average Bonchev–Trinajstić information content (AvgIpc) is 2.67. The van der Waals surface area contributed by atoms with Gasteiger partial charge in [-0.1, -0.05) is 25.1 Å². The molecule has 17 heavy (non-hydrogen) atoms. The maximum atomic E-state index is 11.3. The summed E-state index contributed by atoms with van der Waals surface area (Å²) in [7, 11) is 1.77. The quantitative estimate of drug-likeness (QED) is 0.749. The van der Waals surface area contributed by atoms with Crippen molar-refractivity contribution < 1.29 is 9.53 Å². The summed E-state index contributed by atoms with van der Waals surface area (Å²) in [5.74, 6) is 0. The summed E-state index contributed by atoms with van der Waals surface area (Å²) in [6.07, 6.45) is 4.36. The minimum Gasteiger partial charge on any atom is -0.444 e. The molecule has 1 aliphatic carbocycles. The number of amides is 1. The van der Waals surface area contributed by atoms with Crippen LogP contribution in [0.5, 0.6) is 0 Å². The first-order valence-corrected chi connectivity index (χ1v) is 6.46. The van der Waals surface area contributed by atoms with Gasteiger partial charge >= 0.3 is 6.09 Å². The Hall–Kier alpha value is -0.840. The predicted octanol–water partition coefficient (Wildman–Crippen LogP) is 2.62. The van der Waals surface area contributed by atoms with Crippen molar-refractivity contribution in [3.8, 4) is 0 Å². The van der Waals surface area contributed by atoms with E-state index in [0.717, 1.165) is 12.8 Å². The molecule has 0 saturated heterocycles. The number of nitrogens with one attached hydrogen (secondary N) is 2. The van der Waals surface area contributed by atoms with Gasteiger partial charge in [0, 0.05) is 13.1 Å². The van der Waals surface area contributed by atoms with E-state index in [2.05, 4.69) is 22.9 Å². The molecule has 5 heteroatoms.